The van der Waals surface area contributed by atoms with E-state index in [4.69, 9.17) is 18.6 Å². The molecule has 150 valence electrons. The van der Waals surface area contributed by atoms with Crippen molar-refractivity contribution in [2.45, 2.75) is 13.0 Å². The Balaban J connectivity index is 2.01. The van der Waals surface area contributed by atoms with Crippen molar-refractivity contribution in [2.75, 3.05) is 28.4 Å². The van der Waals surface area contributed by atoms with Crippen LogP contribution in [0.3, 0.4) is 0 Å². The van der Waals surface area contributed by atoms with Crippen molar-refractivity contribution in [3.63, 3.8) is 0 Å². The summed E-state index contributed by atoms with van der Waals surface area (Å²) in [5.74, 6) is 1.03. The Labute approximate surface area is 167 Å². The van der Waals surface area contributed by atoms with E-state index in [-0.39, 0.29) is 17.1 Å². The fourth-order valence-electron chi connectivity index (χ4n) is 3.85. The smallest absolute Gasteiger partial charge is 0.290 e. The lowest BCUT2D eigenvalue weighted by Gasteiger charge is -2.22. The van der Waals surface area contributed by atoms with Crippen molar-refractivity contribution >= 4 is 16.9 Å². The third kappa shape index (κ3) is 2.73. The molecule has 0 aliphatic carbocycles. The topological polar surface area (TPSA) is 78.2 Å². The van der Waals surface area contributed by atoms with Crippen molar-refractivity contribution in [3.8, 4) is 17.2 Å². The van der Waals surface area contributed by atoms with Gasteiger partial charge in [-0.25, -0.2) is 0 Å². The van der Waals surface area contributed by atoms with E-state index in [2.05, 4.69) is 0 Å². The minimum atomic E-state index is -0.632. The van der Waals surface area contributed by atoms with E-state index in [0.717, 1.165) is 5.56 Å². The first-order valence-corrected chi connectivity index (χ1v) is 9.05. The number of aryl methyl sites for hydroxylation is 1. The fraction of sp³-hybridized carbons (Fsp3) is 0.273. The van der Waals surface area contributed by atoms with Crippen LogP contribution in [0.5, 0.6) is 17.2 Å². The van der Waals surface area contributed by atoms with Gasteiger partial charge in [0.25, 0.3) is 5.91 Å². The summed E-state index contributed by atoms with van der Waals surface area (Å²) in [7, 11) is 6.19. The van der Waals surface area contributed by atoms with Gasteiger partial charge >= 0.3 is 0 Å². The fourth-order valence-corrected chi connectivity index (χ4v) is 3.85. The molecule has 29 heavy (non-hydrogen) atoms. The summed E-state index contributed by atoms with van der Waals surface area (Å²) in [6, 6.07) is 8.18. The van der Waals surface area contributed by atoms with E-state index < -0.39 is 6.04 Å². The lowest BCUT2D eigenvalue weighted by atomic mass is 9.97. The highest BCUT2D eigenvalue weighted by atomic mass is 16.5. The number of benzene rings is 2. The second-order valence-electron chi connectivity index (χ2n) is 6.95. The molecule has 3 aromatic rings. The Bertz CT molecular complexity index is 1170. The molecule has 0 unspecified atom stereocenters. The maximum atomic E-state index is 13.4. The van der Waals surface area contributed by atoms with Gasteiger partial charge in [-0.2, -0.15) is 0 Å². The molecule has 0 bridgehead atoms. The van der Waals surface area contributed by atoms with Crippen LogP contribution < -0.4 is 19.6 Å². The summed E-state index contributed by atoms with van der Waals surface area (Å²) in [6.07, 6.45) is 0. The average molecular weight is 395 g/mol. The van der Waals surface area contributed by atoms with Gasteiger partial charge in [0.05, 0.1) is 38.3 Å². The summed E-state index contributed by atoms with van der Waals surface area (Å²) in [6.45, 7) is 1.90. The van der Waals surface area contributed by atoms with E-state index >= 15 is 0 Å². The van der Waals surface area contributed by atoms with Crippen LogP contribution in [0.4, 0.5) is 0 Å². The lowest BCUT2D eigenvalue weighted by Crippen LogP contribution is -2.25. The number of methoxy groups -OCH3 is 3. The summed E-state index contributed by atoms with van der Waals surface area (Å²) in [5.41, 5.74) is 2.08. The Hall–Kier alpha value is -3.48. The van der Waals surface area contributed by atoms with Crippen molar-refractivity contribution in [2.24, 2.45) is 0 Å². The molecule has 0 spiro atoms. The number of fused-ring (bicyclic) bond motifs is 2. The Kier molecular flexibility index (Phi) is 4.45. The Morgan fingerprint density at radius 1 is 0.966 bits per heavy atom. The molecular formula is C22H21NO6. The number of hydrogen-bond acceptors (Lipinski definition) is 6. The van der Waals surface area contributed by atoms with Crippen LogP contribution in [0.25, 0.3) is 11.0 Å². The monoisotopic (exact) mass is 395 g/mol. The molecule has 1 aromatic heterocycles. The standard InChI is InChI=1S/C22H21NO6/c1-11-6-7-14-13(8-11)19(24)17-18(23(2)22(25)21(17)29-14)12-9-15(26-3)20(28-5)16(10-12)27-4/h6-10,18H,1-5H3/t18-/m1/s1. The van der Waals surface area contributed by atoms with E-state index in [1.807, 2.05) is 13.0 Å². The second kappa shape index (κ2) is 6.84. The van der Waals surface area contributed by atoms with Gasteiger partial charge in [-0.1, -0.05) is 11.6 Å². The van der Waals surface area contributed by atoms with Gasteiger partial charge < -0.3 is 23.5 Å². The largest absolute Gasteiger partial charge is 0.493 e. The van der Waals surface area contributed by atoms with Crippen LogP contribution in [-0.2, 0) is 0 Å². The first-order valence-electron chi connectivity index (χ1n) is 9.05. The van der Waals surface area contributed by atoms with Crippen LogP contribution in [-0.4, -0.2) is 39.2 Å². The van der Waals surface area contributed by atoms with E-state index in [1.165, 1.54) is 26.2 Å². The number of rotatable bonds is 4. The zero-order valence-corrected chi connectivity index (χ0v) is 16.9. The van der Waals surface area contributed by atoms with Crippen LogP contribution >= 0.6 is 0 Å². The average Bonchev–Trinajstić information content (AvgIpc) is 2.98. The van der Waals surface area contributed by atoms with E-state index in [0.29, 0.717) is 39.3 Å². The van der Waals surface area contributed by atoms with E-state index in [9.17, 15) is 9.59 Å². The Morgan fingerprint density at radius 2 is 1.62 bits per heavy atom. The second-order valence-corrected chi connectivity index (χ2v) is 6.95. The quantitative estimate of drug-likeness (QED) is 0.675. The first-order chi connectivity index (χ1) is 13.9. The number of ether oxygens (including phenoxy) is 3. The zero-order chi connectivity index (χ0) is 20.9. The maximum absolute atomic E-state index is 13.4. The molecule has 0 saturated carbocycles. The minimum Gasteiger partial charge on any atom is -0.493 e. The SMILES string of the molecule is COc1cc([C@@H]2c3c(oc4ccc(C)cc4c3=O)C(=O)N2C)cc(OC)c1OC. The first kappa shape index (κ1) is 18.9. The predicted octanol–water partition coefficient (Wildman–Crippen LogP) is 3.30. The molecule has 7 heteroatoms. The molecule has 1 aliphatic heterocycles. The molecule has 0 radical (unpaired) electrons. The third-order valence-electron chi connectivity index (χ3n) is 5.26. The predicted molar refractivity (Wildman–Crippen MR) is 107 cm³/mol. The van der Waals surface area contributed by atoms with Gasteiger partial charge in [0.1, 0.15) is 5.58 Å². The number of carbonyl (C=O) groups excluding carboxylic acids is 1. The summed E-state index contributed by atoms with van der Waals surface area (Å²) in [4.78, 5) is 27.7. The lowest BCUT2D eigenvalue weighted by molar-refractivity contribution is 0.0771. The van der Waals surface area contributed by atoms with Crippen molar-refractivity contribution in [3.05, 3.63) is 63.0 Å². The molecule has 0 saturated heterocycles. The van der Waals surface area contributed by atoms with Crippen LogP contribution in [0, 0.1) is 6.92 Å². The Morgan fingerprint density at radius 3 is 2.21 bits per heavy atom. The molecule has 1 amide bonds. The van der Waals surface area contributed by atoms with E-state index in [1.54, 1.807) is 31.3 Å². The highest BCUT2D eigenvalue weighted by molar-refractivity contribution is 5.99. The maximum Gasteiger partial charge on any atom is 0.290 e. The number of carbonyl (C=O) groups is 1. The number of amides is 1. The minimum absolute atomic E-state index is 0.0626. The molecular weight excluding hydrogens is 374 g/mol. The molecule has 0 fully saturated rings. The van der Waals surface area contributed by atoms with Gasteiger partial charge in [-0.3, -0.25) is 9.59 Å². The van der Waals surface area contributed by atoms with Gasteiger partial charge in [0.2, 0.25) is 11.5 Å². The van der Waals surface area contributed by atoms with Gasteiger partial charge in [-0.15, -0.1) is 0 Å². The molecule has 1 atom stereocenters. The molecule has 0 N–H and O–H groups in total. The normalized spacial score (nSPS) is 15.6. The molecule has 2 heterocycles. The molecule has 4 rings (SSSR count). The van der Waals surface area contributed by atoms with Gasteiger partial charge in [-0.05, 0) is 36.8 Å². The van der Waals surface area contributed by atoms with Gasteiger partial charge in [0.15, 0.2) is 16.9 Å². The molecule has 2 aromatic carbocycles. The number of hydrogen-bond donors (Lipinski definition) is 0. The third-order valence-corrected chi connectivity index (χ3v) is 5.26. The highest BCUT2D eigenvalue weighted by Crippen LogP contribution is 2.44. The van der Waals surface area contributed by atoms with Gasteiger partial charge in [0, 0.05) is 7.05 Å². The van der Waals surface area contributed by atoms with Crippen LogP contribution in [0.15, 0.2) is 39.5 Å². The van der Waals surface area contributed by atoms with Crippen LogP contribution in [0.1, 0.15) is 33.3 Å². The van der Waals surface area contributed by atoms with Crippen molar-refractivity contribution in [1.29, 1.82) is 0 Å². The summed E-state index contributed by atoms with van der Waals surface area (Å²) in [5, 5.41) is 0.448. The molecule has 7 nitrogen and oxygen atoms in total. The number of nitrogens with zero attached hydrogens (tertiary/aromatic N) is 1. The van der Waals surface area contributed by atoms with Crippen molar-refractivity contribution in [1.82, 2.24) is 4.90 Å². The van der Waals surface area contributed by atoms with Crippen molar-refractivity contribution < 1.29 is 23.4 Å². The zero-order valence-electron chi connectivity index (χ0n) is 16.9. The molecule has 1 aliphatic rings. The summed E-state index contributed by atoms with van der Waals surface area (Å²) < 4.78 is 22.1. The van der Waals surface area contributed by atoms with Crippen LogP contribution in [0.2, 0.25) is 0 Å². The highest BCUT2D eigenvalue weighted by Gasteiger charge is 2.41. The summed E-state index contributed by atoms with van der Waals surface area (Å²) >= 11 is 0.